The minimum atomic E-state index is -5.00. The molecule has 1 unspecified atom stereocenters. The van der Waals surface area contributed by atoms with E-state index < -0.39 is 47.4 Å². The SMILES string of the molecule is Cc1cc(F)ccc1[C@H]1C2CN(C3CCOCC3)C[C@H]2CCN1C(=O)N(C)[C@H](C)c1cc(C(F)(F)F)cc(C(F)(F)F)c1. The fourth-order valence-corrected chi connectivity index (χ4v) is 7.01. The molecule has 5 nitrogen and oxygen atoms in total. The first-order valence-electron chi connectivity index (χ1n) is 14.6. The van der Waals surface area contributed by atoms with Crippen molar-refractivity contribution in [3.05, 3.63) is 70.0 Å². The number of ether oxygens (including phenoxy) is 1. The molecule has 4 atom stereocenters. The Bertz CT molecular complexity index is 1290. The summed E-state index contributed by atoms with van der Waals surface area (Å²) < 4.78 is 101. The van der Waals surface area contributed by atoms with Crippen molar-refractivity contribution in [3.8, 4) is 0 Å². The molecule has 3 aliphatic heterocycles. The molecule has 3 heterocycles. The van der Waals surface area contributed by atoms with Gasteiger partial charge in [0.15, 0.2) is 0 Å². The molecule has 0 aromatic heterocycles. The Morgan fingerprint density at radius 2 is 1.58 bits per heavy atom. The molecule has 43 heavy (non-hydrogen) atoms. The van der Waals surface area contributed by atoms with Gasteiger partial charge in [0.2, 0.25) is 0 Å². The topological polar surface area (TPSA) is 36.0 Å². The second-order valence-corrected chi connectivity index (χ2v) is 12.1. The lowest BCUT2D eigenvalue weighted by Crippen LogP contribution is -2.51. The highest BCUT2D eigenvalue weighted by Gasteiger charge is 2.48. The first kappa shape index (κ1) is 31.6. The zero-order valence-electron chi connectivity index (χ0n) is 24.3. The van der Waals surface area contributed by atoms with Gasteiger partial charge in [0.25, 0.3) is 0 Å². The minimum Gasteiger partial charge on any atom is -0.381 e. The van der Waals surface area contributed by atoms with E-state index in [-0.39, 0.29) is 23.5 Å². The largest absolute Gasteiger partial charge is 0.416 e. The lowest BCUT2D eigenvalue weighted by molar-refractivity contribution is -0.143. The number of hydrogen-bond acceptors (Lipinski definition) is 3. The third-order valence-electron chi connectivity index (χ3n) is 9.48. The van der Waals surface area contributed by atoms with E-state index >= 15 is 0 Å². The van der Waals surface area contributed by atoms with Gasteiger partial charge in [-0.1, -0.05) is 6.07 Å². The highest BCUT2D eigenvalue weighted by molar-refractivity contribution is 5.75. The fourth-order valence-electron chi connectivity index (χ4n) is 7.01. The molecule has 3 fully saturated rings. The van der Waals surface area contributed by atoms with E-state index in [4.69, 9.17) is 4.74 Å². The third kappa shape index (κ3) is 6.50. The molecule has 3 aliphatic rings. The molecule has 2 aromatic rings. The molecule has 0 bridgehead atoms. The second-order valence-electron chi connectivity index (χ2n) is 12.1. The van der Waals surface area contributed by atoms with Crippen LogP contribution in [0.3, 0.4) is 0 Å². The van der Waals surface area contributed by atoms with E-state index in [2.05, 4.69) is 4.90 Å². The third-order valence-corrected chi connectivity index (χ3v) is 9.48. The van der Waals surface area contributed by atoms with Crippen molar-refractivity contribution in [2.24, 2.45) is 11.8 Å². The van der Waals surface area contributed by atoms with Crippen molar-refractivity contribution in [1.82, 2.24) is 14.7 Å². The molecule has 0 aliphatic carbocycles. The smallest absolute Gasteiger partial charge is 0.381 e. The number of piperidine rings is 1. The average Bonchev–Trinajstić information content (AvgIpc) is 3.40. The number of likely N-dealkylation sites (tertiary alicyclic amines) is 2. The number of halogens is 7. The monoisotopic (exact) mass is 615 g/mol. The summed E-state index contributed by atoms with van der Waals surface area (Å²) in [7, 11) is 1.39. The van der Waals surface area contributed by atoms with Gasteiger partial charge in [-0.2, -0.15) is 26.3 Å². The van der Waals surface area contributed by atoms with E-state index in [1.54, 1.807) is 17.9 Å². The van der Waals surface area contributed by atoms with Gasteiger partial charge in [-0.05, 0) is 86.1 Å². The van der Waals surface area contributed by atoms with Crippen molar-refractivity contribution in [2.45, 2.75) is 63.6 Å². The number of carbonyl (C=O) groups is 1. The Kier molecular flexibility index (Phi) is 8.74. The van der Waals surface area contributed by atoms with E-state index in [1.807, 2.05) is 0 Å². The zero-order valence-corrected chi connectivity index (χ0v) is 24.3. The summed E-state index contributed by atoms with van der Waals surface area (Å²) in [6, 6.07) is 4.21. The number of nitrogens with zero attached hydrogens (tertiary/aromatic N) is 3. The quantitative estimate of drug-likeness (QED) is 0.335. The van der Waals surface area contributed by atoms with Crippen LogP contribution in [0.15, 0.2) is 36.4 Å². The van der Waals surface area contributed by atoms with Gasteiger partial charge in [-0.25, -0.2) is 9.18 Å². The lowest BCUT2D eigenvalue weighted by atomic mass is 9.78. The molecule has 236 valence electrons. The summed E-state index contributed by atoms with van der Waals surface area (Å²) in [5.41, 5.74) is -1.65. The summed E-state index contributed by atoms with van der Waals surface area (Å²) in [5.74, 6) is -0.0989. The molecule has 0 spiro atoms. The number of amides is 2. The lowest BCUT2D eigenvalue weighted by Gasteiger charge is -2.45. The summed E-state index contributed by atoms with van der Waals surface area (Å²) in [6.07, 6.45) is -7.45. The highest BCUT2D eigenvalue weighted by atomic mass is 19.4. The summed E-state index contributed by atoms with van der Waals surface area (Å²) >= 11 is 0. The molecule has 2 amide bonds. The van der Waals surface area contributed by atoms with Crippen LogP contribution in [0.2, 0.25) is 0 Å². The predicted molar refractivity (Wildman–Crippen MR) is 146 cm³/mol. The number of alkyl halides is 6. The first-order valence-corrected chi connectivity index (χ1v) is 14.6. The minimum absolute atomic E-state index is 0.0267. The zero-order chi connectivity index (χ0) is 31.3. The van der Waals surface area contributed by atoms with E-state index in [9.17, 15) is 35.5 Å². The van der Waals surface area contributed by atoms with Crippen LogP contribution in [0.5, 0.6) is 0 Å². The molecule has 2 aromatic carbocycles. The first-order chi connectivity index (χ1) is 20.1. The number of carbonyl (C=O) groups excluding carboxylic acids is 1. The van der Waals surface area contributed by atoms with Crippen LogP contribution in [-0.2, 0) is 17.1 Å². The van der Waals surface area contributed by atoms with Crippen LogP contribution in [0.4, 0.5) is 35.5 Å². The second kappa shape index (κ2) is 11.9. The molecular weight excluding hydrogens is 579 g/mol. The van der Waals surface area contributed by atoms with Gasteiger partial charge in [-0.3, -0.25) is 4.90 Å². The van der Waals surface area contributed by atoms with Crippen LogP contribution in [0, 0.1) is 24.6 Å². The van der Waals surface area contributed by atoms with Crippen LogP contribution >= 0.6 is 0 Å². The Morgan fingerprint density at radius 1 is 0.953 bits per heavy atom. The van der Waals surface area contributed by atoms with Crippen LogP contribution < -0.4 is 0 Å². The van der Waals surface area contributed by atoms with Gasteiger partial charge in [0.05, 0.1) is 23.2 Å². The molecular formula is C31H36F7N3O2. The van der Waals surface area contributed by atoms with Crippen molar-refractivity contribution >= 4 is 6.03 Å². The van der Waals surface area contributed by atoms with Crippen LogP contribution in [-0.4, -0.2) is 66.7 Å². The summed E-state index contributed by atoms with van der Waals surface area (Å²) in [5, 5.41) is 0. The fraction of sp³-hybridized carbons (Fsp3) is 0.581. The molecule has 5 rings (SSSR count). The average molecular weight is 616 g/mol. The Balaban J connectivity index is 1.47. The number of urea groups is 1. The van der Waals surface area contributed by atoms with Crippen LogP contribution in [0.25, 0.3) is 0 Å². The maximum absolute atomic E-state index is 14.1. The summed E-state index contributed by atoms with van der Waals surface area (Å²) in [6.45, 7) is 6.53. The van der Waals surface area contributed by atoms with Gasteiger partial charge in [0, 0.05) is 51.9 Å². The van der Waals surface area contributed by atoms with E-state index in [1.165, 1.54) is 31.0 Å². The van der Waals surface area contributed by atoms with Crippen LogP contribution in [0.1, 0.15) is 66.1 Å². The number of benzene rings is 2. The Morgan fingerprint density at radius 3 is 2.16 bits per heavy atom. The standard InChI is InChI=1S/C31H36F7N3O2/c1-18-12-24(32)4-5-26(18)28-27-17-40(25-7-10-43-11-8-25)16-20(27)6-9-41(28)29(42)39(3)19(2)21-13-22(30(33,34)35)15-23(14-21)31(36,37)38/h4-5,12-15,19-20,25,27-28H,6-11,16-17H2,1-3H3/t19-,20-,27?,28+/m1/s1. The van der Waals surface area contributed by atoms with Gasteiger partial charge in [0.1, 0.15) is 5.82 Å². The maximum Gasteiger partial charge on any atom is 0.416 e. The Labute approximate surface area is 246 Å². The van der Waals surface area contributed by atoms with Crippen molar-refractivity contribution < 1.29 is 40.3 Å². The number of hydrogen-bond donors (Lipinski definition) is 0. The summed E-state index contributed by atoms with van der Waals surface area (Å²) in [4.78, 5) is 19.4. The molecule has 0 radical (unpaired) electrons. The maximum atomic E-state index is 14.1. The Hall–Kier alpha value is -2.86. The highest BCUT2D eigenvalue weighted by Crippen LogP contribution is 2.46. The van der Waals surface area contributed by atoms with Gasteiger partial charge < -0.3 is 14.5 Å². The molecule has 0 saturated carbocycles. The van der Waals surface area contributed by atoms with Gasteiger partial charge in [-0.15, -0.1) is 0 Å². The number of aryl methyl sites for hydroxylation is 1. The van der Waals surface area contributed by atoms with Crippen molar-refractivity contribution in [3.63, 3.8) is 0 Å². The van der Waals surface area contributed by atoms with Crippen molar-refractivity contribution in [2.75, 3.05) is 39.9 Å². The molecule has 12 heteroatoms. The molecule has 0 N–H and O–H groups in total. The number of rotatable bonds is 4. The predicted octanol–water partition coefficient (Wildman–Crippen LogP) is 7.46. The van der Waals surface area contributed by atoms with Gasteiger partial charge >= 0.3 is 18.4 Å². The number of fused-ring (bicyclic) bond motifs is 1. The normalized spacial score (nSPS) is 24.6. The van der Waals surface area contributed by atoms with E-state index in [0.29, 0.717) is 49.9 Å². The van der Waals surface area contributed by atoms with Crippen molar-refractivity contribution in [1.29, 1.82) is 0 Å². The molecule has 3 saturated heterocycles. The van der Waals surface area contributed by atoms with E-state index in [0.717, 1.165) is 31.5 Å².